The van der Waals surface area contributed by atoms with Crippen LogP contribution < -0.4 is 0 Å². The summed E-state index contributed by atoms with van der Waals surface area (Å²) >= 11 is 6.03. The first-order valence-corrected chi connectivity index (χ1v) is 10.4. The van der Waals surface area contributed by atoms with Gasteiger partial charge in [0.2, 0.25) is 0 Å². The van der Waals surface area contributed by atoms with Crippen LogP contribution in [0, 0.1) is 0 Å². The van der Waals surface area contributed by atoms with Crippen molar-refractivity contribution in [2.24, 2.45) is 0 Å². The second-order valence-electron chi connectivity index (χ2n) is 7.89. The number of amides is 1. The van der Waals surface area contributed by atoms with Crippen LogP contribution in [0.1, 0.15) is 38.6 Å². The Bertz CT molecular complexity index is 1070. The molecule has 0 saturated heterocycles. The summed E-state index contributed by atoms with van der Waals surface area (Å²) in [7, 11) is 4.04. The van der Waals surface area contributed by atoms with E-state index in [1.54, 1.807) is 0 Å². The topological polar surface area (TPSA) is 36.7 Å². The lowest BCUT2D eigenvalue weighted by Crippen LogP contribution is -2.35. The van der Waals surface area contributed by atoms with Gasteiger partial charge in [-0.25, -0.2) is 0 Å². The maximum atomic E-state index is 13.0. The number of carbonyl (C=O) groups excluding carboxylic acids is 1. The van der Waals surface area contributed by atoms with Gasteiger partial charge in [0.05, 0.1) is 6.54 Å². The van der Waals surface area contributed by atoms with Crippen molar-refractivity contribution in [1.29, 1.82) is 0 Å². The molecule has 4 rings (SSSR count). The largest absolute Gasteiger partial charge is 0.464 e. The summed E-state index contributed by atoms with van der Waals surface area (Å²) < 4.78 is 5.94. The molecule has 1 aliphatic rings. The monoisotopic (exact) mass is 420 g/mol. The summed E-state index contributed by atoms with van der Waals surface area (Å²) in [6.45, 7) is 2.05. The van der Waals surface area contributed by atoms with Gasteiger partial charge in [0, 0.05) is 35.7 Å². The van der Waals surface area contributed by atoms with Gasteiger partial charge < -0.3 is 14.2 Å². The number of carbonyl (C=O) groups is 1. The molecular formula is C25H25ClN2O2. The smallest absolute Gasteiger partial charge is 0.254 e. The molecule has 1 amide bonds. The van der Waals surface area contributed by atoms with Crippen molar-refractivity contribution in [3.05, 3.63) is 93.4 Å². The van der Waals surface area contributed by atoms with E-state index in [2.05, 4.69) is 11.0 Å². The van der Waals surface area contributed by atoms with Crippen molar-refractivity contribution in [2.45, 2.75) is 19.5 Å². The lowest BCUT2D eigenvalue weighted by atomic mass is 10.1. The minimum atomic E-state index is 0.0568. The molecular weight excluding hydrogens is 396 g/mol. The average molecular weight is 421 g/mol. The molecule has 0 spiro atoms. The Hall–Kier alpha value is -2.82. The molecule has 2 heterocycles. The van der Waals surface area contributed by atoms with Crippen LogP contribution >= 0.6 is 11.6 Å². The molecule has 3 aromatic rings. The summed E-state index contributed by atoms with van der Waals surface area (Å²) in [5.41, 5.74) is 3.90. The number of fused-ring (bicyclic) bond motifs is 1. The third-order valence-corrected chi connectivity index (χ3v) is 5.39. The van der Waals surface area contributed by atoms with E-state index in [0.29, 0.717) is 23.7 Å². The first-order chi connectivity index (χ1) is 14.5. The maximum absolute atomic E-state index is 13.0. The summed E-state index contributed by atoms with van der Waals surface area (Å²) in [6.07, 6.45) is 4.79. The van der Waals surface area contributed by atoms with Crippen molar-refractivity contribution in [2.75, 3.05) is 20.6 Å². The highest BCUT2D eigenvalue weighted by Crippen LogP contribution is 2.25. The number of hydrogen-bond donors (Lipinski definition) is 0. The van der Waals surface area contributed by atoms with Crippen molar-refractivity contribution in [1.82, 2.24) is 9.80 Å². The van der Waals surface area contributed by atoms with Gasteiger partial charge in [-0.2, -0.15) is 0 Å². The zero-order valence-corrected chi connectivity index (χ0v) is 18.0. The molecule has 0 radical (unpaired) electrons. The second-order valence-corrected chi connectivity index (χ2v) is 8.32. The molecule has 0 atom stereocenters. The Morgan fingerprint density at radius 3 is 2.60 bits per heavy atom. The zero-order valence-electron chi connectivity index (χ0n) is 17.3. The summed E-state index contributed by atoms with van der Waals surface area (Å²) in [4.78, 5) is 17.0. The van der Waals surface area contributed by atoms with Crippen LogP contribution in [0.3, 0.4) is 0 Å². The highest BCUT2D eigenvalue weighted by molar-refractivity contribution is 6.30. The molecule has 0 unspecified atom stereocenters. The Labute approximate surface area is 182 Å². The second kappa shape index (κ2) is 8.90. The molecule has 0 fully saturated rings. The number of rotatable bonds is 5. The van der Waals surface area contributed by atoms with E-state index in [-0.39, 0.29) is 5.91 Å². The van der Waals surface area contributed by atoms with Crippen molar-refractivity contribution < 1.29 is 9.21 Å². The molecule has 1 aliphatic heterocycles. The average Bonchev–Trinajstić information content (AvgIpc) is 3.13. The van der Waals surface area contributed by atoms with Crippen LogP contribution in [-0.2, 0) is 19.5 Å². The Balaban J connectivity index is 1.42. The number of benzene rings is 2. The number of furan rings is 1. The van der Waals surface area contributed by atoms with Crippen molar-refractivity contribution in [3.8, 4) is 0 Å². The highest BCUT2D eigenvalue weighted by atomic mass is 35.5. The van der Waals surface area contributed by atoms with E-state index in [1.165, 1.54) is 0 Å². The van der Waals surface area contributed by atoms with Gasteiger partial charge in [-0.1, -0.05) is 48.0 Å². The number of hydrogen-bond acceptors (Lipinski definition) is 3. The fraction of sp³-hybridized carbons (Fsp3) is 0.240. The molecule has 2 aromatic carbocycles. The minimum absolute atomic E-state index is 0.0568. The lowest BCUT2D eigenvalue weighted by molar-refractivity contribution is 0.0729. The standard InChI is InChI=1S/C25H25ClN2O2/c1-27(2)17-23-15-21-16-28(13-12-24(21)30-23)25(29)20-10-8-18(9-11-20)6-7-19-4-3-5-22(26)14-19/h3-11,14-15H,12-13,16-17H2,1-2H3. The lowest BCUT2D eigenvalue weighted by Gasteiger charge is -2.26. The third kappa shape index (κ3) is 4.84. The van der Waals surface area contributed by atoms with Crippen molar-refractivity contribution >= 4 is 29.7 Å². The fourth-order valence-corrected chi connectivity index (χ4v) is 3.88. The quantitative estimate of drug-likeness (QED) is 0.521. The van der Waals surface area contributed by atoms with Gasteiger partial charge >= 0.3 is 0 Å². The van der Waals surface area contributed by atoms with Gasteiger partial charge in [0.25, 0.3) is 5.91 Å². The number of halogens is 1. The first-order valence-electron chi connectivity index (χ1n) is 10.1. The molecule has 1 aromatic heterocycles. The van der Waals surface area contributed by atoms with Crippen LogP contribution in [0.5, 0.6) is 0 Å². The van der Waals surface area contributed by atoms with Gasteiger partial charge in [0.1, 0.15) is 11.5 Å². The highest BCUT2D eigenvalue weighted by Gasteiger charge is 2.25. The van der Waals surface area contributed by atoms with Crippen molar-refractivity contribution in [3.63, 3.8) is 0 Å². The van der Waals surface area contributed by atoms with Crippen LogP contribution in [0.15, 0.2) is 59.0 Å². The third-order valence-electron chi connectivity index (χ3n) is 5.15. The van der Waals surface area contributed by atoms with E-state index in [9.17, 15) is 4.79 Å². The number of nitrogens with zero attached hydrogens (tertiary/aromatic N) is 2. The molecule has 0 bridgehead atoms. The van der Waals surface area contributed by atoms with Crippen LogP contribution in [0.4, 0.5) is 0 Å². The first kappa shape index (κ1) is 20.5. The summed E-state index contributed by atoms with van der Waals surface area (Å²) in [5.74, 6) is 2.02. The van der Waals surface area contributed by atoms with Gasteiger partial charge in [0.15, 0.2) is 0 Å². The predicted molar refractivity (Wildman–Crippen MR) is 121 cm³/mol. The van der Waals surface area contributed by atoms with E-state index in [0.717, 1.165) is 41.2 Å². The predicted octanol–water partition coefficient (Wildman–Crippen LogP) is 5.36. The maximum Gasteiger partial charge on any atom is 0.254 e. The Morgan fingerprint density at radius 1 is 1.10 bits per heavy atom. The van der Waals surface area contributed by atoms with Crippen LogP contribution in [0.2, 0.25) is 5.02 Å². The van der Waals surface area contributed by atoms with E-state index in [4.69, 9.17) is 16.0 Å². The molecule has 4 nitrogen and oxygen atoms in total. The van der Waals surface area contributed by atoms with Crippen LogP contribution in [0.25, 0.3) is 12.2 Å². The van der Waals surface area contributed by atoms with Crippen LogP contribution in [-0.4, -0.2) is 36.3 Å². The van der Waals surface area contributed by atoms with E-state index < -0.39 is 0 Å². The molecule has 0 saturated carbocycles. The molecule has 0 aliphatic carbocycles. The fourth-order valence-electron chi connectivity index (χ4n) is 3.68. The van der Waals surface area contributed by atoms with Gasteiger partial charge in [-0.3, -0.25) is 4.79 Å². The Kier molecular flexibility index (Phi) is 6.07. The zero-order chi connectivity index (χ0) is 21.1. The molecule has 0 N–H and O–H groups in total. The van der Waals surface area contributed by atoms with E-state index >= 15 is 0 Å². The Morgan fingerprint density at radius 2 is 1.87 bits per heavy atom. The van der Waals surface area contributed by atoms with Gasteiger partial charge in [-0.15, -0.1) is 0 Å². The minimum Gasteiger partial charge on any atom is -0.464 e. The van der Waals surface area contributed by atoms with E-state index in [1.807, 2.05) is 79.7 Å². The normalized spacial score (nSPS) is 13.8. The summed E-state index contributed by atoms with van der Waals surface area (Å²) in [5, 5.41) is 0.717. The molecule has 30 heavy (non-hydrogen) atoms. The van der Waals surface area contributed by atoms with Gasteiger partial charge in [-0.05, 0) is 55.6 Å². The molecule has 154 valence electrons. The SMILES string of the molecule is CN(C)Cc1cc2c(o1)CCN(C(=O)c1ccc(C=Cc3cccc(Cl)c3)cc1)C2. The summed E-state index contributed by atoms with van der Waals surface area (Å²) in [6, 6.07) is 17.5. The molecule has 5 heteroatoms.